The molecule has 2 aliphatic rings. The Morgan fingerprint density at radius 2 is 2.00 bits per heavy atom. The smallest absolute Gasteiger partial charge is 0.317 e. The van der Waals surface area contributed by atoms with Crippen molar-refractivity contribution in [1.29, 1.82) is 0 Å². The molecule has 0 amide bonds. The van der Waals surface area contributed by atoms with Crippen molar-refractivity contribution < 1.29 is 9.90 Å². The van der Waals surface area contributed by atoms with Crippen LogP contribution in [0, 0.1) is 0 Å². The third kappa shape index (κ3) is 4.05. The Hall–Kier alpha value is -1.39. The summed E-state index contributed by atoms with van der Waals surface area (Å²) in [4.78, 5) is 15.7. The fraction of sp³-hybridized carbons (Fsp3) is 0.588. The van der Waals surface area contributed by atoms with Crippen LogP contribution in [0.1, 0.15) is 31.2 Å². The number of hydrogen-bond acceptors (Lipinski definition) is 3. The molecule has 0 unspecified atom stereocenters. The zero-order chi connectivity index (χ0) is 14.7. The van der Waals surface area contributed by atoms with Crippen molar-refractivity contribution in [1.82, 2.24) is 9.80 Å². The number of carboxylic acids is 1. The predicted molar refractivity (Wildman–Crippen MR) is 82.1 cm³/mol. The van der Waals surface area contributed by atoms with Crippen LogP contribution in [0.15, 0.2) is 30.3 Å². The Morgan fingerprint density at radius 1 is 1.24 bits per heavy atom. The lowest BCUT2D eigenvalue weighted by molar-refractivity contribution is -0.138. The van der Waals surface area contributed by atoms with Gasteiger partial charge in [-0.1, -0.05) is 30.3 Å². The van der Waals surface area contributed by atoms with Crippen LogP contribution in [0.3, 0.4) is 0 Å². The van der Waals surface area contributed by atoms with E-state index in [1.807, 2.05) is 6.07 Å². The fourth-order valence-corrected chi connectivity index (χ4v) is 3.35. The van der Waals surface area contributed by atoms with Crippen LogP contribution < -0.4 is 0 Å². The summed E-state index contributed by atoms with van der Waals surface area (Å²) < 4.78 is 0. The largest absolute Gasteiger partial charge is 0.480 e. The number of nitrogens with zero attached hydrogens (tertiary/aromatic N) is 2. The number of carboxylic acid groups (broad SMARTS) is 1. The minimum absolute atomic E-state index is 0.195. The zero-order valence-corrected chi connectivity index (χ0v) is 12.4. The molecule has 1 aromatic carbocycles. The van der Waals surface area contributed by atoms with Gasteiger partial charge in [-0.15, -0.1) is 0 Å². The summed E-state index contributed by atoms with van der Waals surface area (Å²) in [6.07, 6.45) is 4.75. The standard InChI is InChI=1S/C17H24N2O2/c20-17(21)13-19(15-8-9-15)12-16-7-4-10-18(16)11-14-5-2-1-3-6-14/h1-3,5-6,15-16H,4,7-13H2,(H,20,21)/t16-/m0/s1. The van der Waals surface area contributed by atoms with Crippen molar-refractivity contribution in [3.63, 3.8) is 0 Å². The van der Waals surface area contributed by atoms with Gasteiger partial charge in [0, 0.05) is 25.2 Å². The molecule has 0 bridgehead atoms. The minimum Gasteiger partial charge on any atom is -0.480 e. The van der Waals surface area contributed by atoms with Gasteiger partial charge >= 0.3 is 5.97 Å². The molecular formula is C17H24N2O2. The van der Waals surface area contributed by atoms with E-state index in [2.05, 4.69) is 34.1 Å². The van der Waals surface area contributed by atoms with E-state index in [1.54, 1.807) is 0 Å². The van der Waals surface area contributed by atoms with Crippen molar-refractivity contribution in [2.45, 2.75) is 44.3 Å². The fourth-order valence-electron chi connectivity index (χ4n) is 3.35. The van der Waals surface area contributed by atoms with Crippen molar-refractivity contribution >= 4 is 5.97 Å². The second-order valence-corrected chi connectivity index (χ2v) is 6.31. The molecular weight excluding hydrogens is 264 g/mol. The number of carbonyl (C=O) groups is 1. The molecule has 114 valence electrons. The molecule has 2 fully saturated rings. The Morgan fingerprint density at radius 3 is 2.67 bits per heavy atom. The van der Waals surface area contributed by atoms with Gasteiger partial charge in [-0.2, -0.15) is 0 Å². The Labute approximate surface area is 126 Å². The van der Waals surface area contributed by atoms with Gasteiger partial charge < -0.3 is 5.11 Å². The van der Waals surface area contributed by atoms with Gasteiger partial charge in [0.2, 0.25) is 0 Å². The molecule has 4 heteroatoms. The van der Waals surface area contributed by atoms with Crippen molar-refractivity contribution in [3.8, 4) is 0 Å². The van der Waals surface area contributed by atoms with Gasteiger partial charge in [0.25, 0.3) is 0 Å². The van der Waals surface area contributed by atoms with Crippen molar-refractivity contribution in [3.05, 3.63) is 35.9 Å². The van der Waals surface area contributed by atoms with E-state index in [4.69, 9.17) is 5.11 Å². The SMILES string of the molecule is O=C(O)CN(C[C@@H]1CCCN1Cc1ccccc1)C1CC1. The van der Waals surface area contributed by atoms with Crippen molar-refractivity contribution in [2.24, 2.45) is 0 Å². The summed E-state index contributed by atoms with van der Waals surface area (Å²) in [6.45, 7) is 3.21. The first-order chi connectivity index (χ1) is 10.2. The summed E-state index contributed by atoms with van der Waals surface area (Å²) in [5.74, 6) is -0.700. The lowest BCUT2D eigenvalue weighted by Crippen LogP contribution is -2.43. The van der Waals surface area contributed by atoms with Crippen LogP contribution in [-0.2, 0) is 11.3 Å². The predicted octanol–water partition coefficient (Wildman–Crippen LogP) is 2.20. The van der Waals surface area contributed by atoms with E-state index >= 15 is 0 Å². The highest BCUT2D eigenvalue weighted by atomic mass is 16.4. The highest BCUT2D eigenvalue weighted by molar-refractivity contribution is 5.69. The van der Waals surface area contributed by atoms with Gasteiger partial charge in [0.15, 0.2) is 0 Å². The van der Waals surface area contributed by atoms with Crippen LogP contribution in [0.4, 0.5) is 0 Å². The van der Waals surface area contributed by atoms with Crippen LogP contribution in [0.2, 0.25) is 0 Å². The zero-order valence-electron chi connectivity index (χ0n) is 12.4. The van der Waals surface area contributed by atoms with E-state index in [1.165, 1.54) is 31.2 Å². The second kappa shape index (κ2) is 6.58. The molecule has 1 aromatic rings. The van der Waals surface area contributed by atoms with Gasteiger partial charge in [-0.05, 0) is 37.8 Å². The van der Waals surface area contributed by atoms with E-state index in [-0.39, 0.29) is 6.54 Å². The van der Waals surface area contributed by atoms with Crippen LogP contribution in [0.5, 0.6) is 0 Å². The average molecular weight is 288 g/mol. The first-order valence-corrected chi connectivity index (χ1v) is 7.96. The monoisotopic (exact) mass is 288 g/mol. The molecule has 1 aliphatic carbocycles. The third-order valence-electron chi connectivity index (χ3n) is 4.57. The minimum atomic E-state index is -0.700. The number of rotatable bonds is 7. The van der Waals surface area contributed by atoms with Crippen LogP contribution in [0.25, 0.3) is 0 Å². The summed E-state index contributed by atoms with van der Waals surface area (Å²) >= 11 is 0. The number of benzene rings is 1. The molecule has 4 nitrogen and oxygen atoms in total. The molecule has 0 radical (unpaired) electrons. The lowest BCUT2D eigenvalue weighted by Gasteiger charge is -2.30. The van der Waals surface area contributed by atoms with Crippen LogP contribution >= 0.6 is 0 Å². The van der Waals surface area contributed by atoms with E-state index < -0.39 is 5.97 Å². The molecule has 1 saturated carbocycles. The number of hydrogen-bond donors (Lipinski definition) is 1. The third-order valence-corrected chi connectivity index (χ3v) is 4.57. The molecule has 1 heterocycles. The summed E-state index contributed by atoms with van der Waals surface area (Å²) in [5, 5.41) is 9.08. The molecule has 21 heavy (non-hydrogen) atoms. The molecule has 0 spiro atoms. The Kier molecular flexibility index (Phi) is 4.56. The van der Waals surface area contributed by atoms with Crippen molar-refractivity contribution in [2.75, 3.05) is 19.6 Å². The first kappa shape index (κ1) is 14.5. The van der Waals surface area contributed by atoms with E-state index in [0.717, 1.165) is 19.6 Å². The molecule has 3 rings (SSSR count). The van der Waals surface area contributed by atoms with Crippen LogP contribution in [-0.4, -0.2) is 52.6 Å². The maximum absolute atomic E-state index is 11.0. The van der Waals surface area contributed by atoms with Gasteiger partial charge in [-0.3, -0.25) is 14.6 Å². The highest BCUT2D eigenvalue weighted by Gasteiger charge is 2.34. The Balaban J connectivity index is 1.59. The summed E-state index contributed by atoms with van der Waals surface area (Å²) in [6, 6.07) is 11.6. The Bertz CT molecular complexity index is 473. The van der Waals surface area contributed by atoms with E-state index in [9.17, 15) is 4.79 Å². The first-order valence-electron chi connectivity index (χ1n) is 7.96. The lowest BCUT2D eigenvalue weighted by atomic mass is 10.1. The highest BCUT2D eigenvalue weighted by Crippen LogP contribution is 2.29. The second-order valence-electron chi connectivity index (χ2n) is 6.31. The number of aliphatic carboxylic acids is 1. The maximum Gasteiger partial charge on any atom is 0.317 e. The van der Waals surface area contributed by atoms with Gasteiger partial charge in [0.1, 0.15) is 0 Å². The molecule has 0 aromatic heterocycles. The average Bonchev–Trinajstić information content (AvgIpc) is 3.23. The molecule has 1 N–H and O–H groups in total. The molecule has 1 aliphatic heterocycles. The molecule has 1 saturated heterocycles. The summed E-state index contributed by atoms with van der Waals surface area (Å²) in [5.41, 5.74) is 1.35. The quantitative estimate of drug-likeness (QED) is 0.835. The topological polar surface area (TPSA) is 43.8 Å². The number of likely N-dealkylation sites (tertiary alicyclic amines) is 1. The van der Waals surface area contributed by atoms with Gasteiger partial charge in [-0.25, -0.2) is 0 Å². The van der Waals surface area contributed by atoms with E-state index in [0.29, 0.717) is 12.1 Å². The molecule has 1 atom stereocenters. The normalized spacial score (nSPS) is 22.8. The maximum atomic E-state index is 11.0. The summed E-state index contributed by atoms with van der Waals surface area (Å²) in [7, 11) is 0. The van der Waals surface area contributed by atoms with Gasteiger partial charge in [0.05, 0.1) is 6.54 Å².